The van der Waals surface area contributed by atoms with Crippen LogP contribution in [0.2, 0.25) is 0 Å². The van der Waals surface area contributed by atoms with Crippen LogP contribution in [0.3, 0.4) is 0 Å². The minimum absolute atomic E-state index is 0.184. The highest BCUT2D eigenvalue weighted by molar-refractivity contribution is 7.99. The van der Waals surface area contributed by atoms with Gasteiger partial charge in [0.05, 0.1) is 6.54 Å². The van der Waals surface area contributed by atoms with Gasteiger partial charge in [-0.2, -0.15) is 11.8 Å². The zero-order valence-corrected chi connectivity index (χ0v) is 14.8. The molecule has 23 heavy (non-hydrogen) atoms. The Kier molecular flexibility index (Phi) is 5.97. The lowest BCUT2D eigenvalue weighted by Gasteiger charge is -2.40. The number of likely N-dealkylation sites (tertiary alicyclic amines) is 1. The molecule has 0 N–H and O–H groups in total. The van der Waals surface area contributed by atoms with Crippen LogP contribution in [0.1, 0.15) is 12.8 Å². The maximum atomic E-state index is 12.5. The average Bonchev–Trinajstić information content (AvgIpc) is 2.63. The van der Waals surface area contributed by atoms with Crippen molar-refractivity contribution in [3.63, 3.8) is 0 Å². The molecular weight excluding hydrogens is 306 g/mol. The number of piperidine rings is 1. The predicted molar refractivity (Wildman–Crippen MR) is 98.2 cm³/mol. The Morgan fingerprint density at radius 3 is 2.43 bits per heavy atom. The van der Waals surface area contributed by atoms with Crippen molar-refractivity contribution in [3.8, 4) is 0 Å². The molecule has 0 aliphatic carbocycles. The number of benzene rings is 1. The summed E-state index contributed by atoms with van der Waals surface area (Å²) in [5, 5.41) is 0. The van der Waals surface area contributed by atoms with E-state index in [1.54, 1.807) is 4.90 Å². The maximum Gasteiger partial charge on any atom is 0.240 e. The Bertz CT molecular complexity index is 496. The average molecular weight is 334 g/mol. The molecule has 0 aromatic heterocycles. The largest absolute Gasteiger partial charge is 0.314 e. The fraction of sp³-hybridized carbons (Fsp3) is 0.611. The first kappa shape index (κ1) is 16.8. The molecule has 2 saturated heterocycles. The zero-order chi connectivity index (χ0) is 16.1. The lowest BCUT2D eigenvalue weighted by atomic mass is 10.0. The van der Waals surface area contributed by atoms with Crippen molar-refractivity contribution in [1.82, 2.24) is 9.80 Å². The highest BCUT2D eigenvalue weighted by Crippen LogP contribution is 2.21. The molecule has 1 aromatic rings. The van der Waals surface area contributed by atoms with Crippen LogP contribution in [-0.2, 0) is 4.79 Å². The summed E-state index contributed by atoms with van der Waals surface area (Å²) in [6.45, 7) is 5.11. The molecule has 126 valence electrons. The minimum Gasteiger partial charge on any atom is -0.314 e. The van der Waals surface area contributed by atoms with Gasteiger partial charge in [-0.25, -0.2) is 0 Å². The van der Waals surface area contributed by atoms with Gasteiger partial charge >= 0.3 is 0 Å². The van der Waals surface area contributed by atoms with E-state index in [0.717, 1.165) is 24.8 Å². The van der Waals surface area contributed by atoms with Gasteiger partial charge in [0, 0.05) is 56.5 Å². The van der Waals surface area contributed by atoms with Crippen LogP contribution in [0.15, 0.2) is 30.3 Å². The second kappa shape index (κ2) is 8.18. The summed E-state index contributed by atoms with van der Waals surface area (Å²) >= 11 is 2.07. The molecule has 2 aliphatic rings. The predicted octanol–water partition coefficient (Wildman–Crippen LogP) is 2.16. The van der Waals surface area contributed by atoms with E-state index in [1.165, 1.54) is 37.4 Å². The van der Waals surface area contributed by atoms with E-state index in [1.807, 2.05) is 37.4 Å². The molecule has 0 bridgehead atoms. The highest BCUT2D eigenvalue weighted by Gasteiger charge is 2.27. The van der Waals surface area contributed by atoms with Crippen LogP contribution in [0, 0.1) is 0 Å². The number of rotatable bonds is 4. The standard InChI is InChI=1S/C18H27N3OS/c1-19(16-5-3-2-4-6-16)18(22)15-20-9-7-17(8-10-20)21-11-13-23-14-12-21/h2-6,17H,7-15H2,1H3. The first-order chi connectivity index (χ1) is 11.2. The summed E-state index contributed by atoms with van der Waals surface area (Å²) < 4.78 is 0. The third-order valence-electron chi connectivity index (χ3n) is 5.00. The number of carbonyl (C=O) groups excluding carboxylic acids is 1. The number of thioether (sulfide) groups is 1. The third kappa shape index (κ3) is 4.49. The van der Waals surface area contributed by atoms with Gasteiger partial charge in [0.1, 0.15) is 0 Å². The van der Waals surface area contributed by atoms with E-state index in [9.17, 15) is 4.79 Å². The summed E-state index contributed by atoms with van der Waals surface area (Å²) in [4.78, 5) is 19.2. The Balaban J connectivity index is 1.45. The van der Waals surface area contributed by atoms with E-state index in [-0.39, 0.29) is 5.91 Å². The van der Waals surface area contributed by atoms with Crippen LogP contribution in [0.4, 0.5) is 5.69 Å². The summed E-state index contributed by atoms with van der Waals surface area (Å²) in [7, 11) is 1.87. The molecule has 0 radical (unpaired) electrons. The number of para-hydroxylation sites is 1. The van der Waals surface area contributed by atoms with Crippen molar-refractivity contribution in [2.75, 3.05) is 56.2 Å². The molecule has 3 rings (SSSR count). The second-order valence-electron chi connectivity index (χ2n) is 6.44. The van der Waals surface area contributed by atoms with Crippen LogP contribution >= 0.6 is 11.8 Å². The zero-order valence-electron chi connectivity index (χ0n) is 14.0. The highest BCUT2D eigenvalue weighted by atomic mass is 32.2. The molecule has 1 amide bonds. The molecule has 1 aromatic carbocycles. The van der Waals surface area contributed by atoms with E-state index in [2.05, 4.69) is 21.6 Å². The molecule has 0 unspecified atom stereocenters. The molecule has 2 aliphatic heterocycles. The van der Waals surface area contributed by atoms with E-state index in [4.69, 9.17) is 0 Å². The lowest BCUT2D eigenvalue weighted by Crippen LogP contribution is -2.49. The number of anilines is 1. The number of nitrogens with zero attached hydrogens (tertiary/aromatic N) is 3. The van der Waals surface area contributed by atoms with Crippen LogP contribution in [-0.4, -0.2) is 73.0 Å². The first-order valence-corrected chi connectivity index (χ1v) is 9.75. The quantitative estimate of drug-likeness (QED) is 0.844. The van der Waals surface area contributed by atoms with E-state index >= 15 is 0 Å². The monoisotopic (exact) mass is 333 g/mol. The molecule has 5 heteroatoms. The fourth-order valence-corrected chi connectivity index (χ4v) is 4.41. The topological polar surface area (TPSA) is 26.8 Å². The minimum atomic E-state index is 0.184. The summed E-state index contributed by atoms with van der Waals surface area (Å²) in [5.41, 5.74) is 0.971. The molecular formula is C18H27N3OS. The number of carbonyl (C=O) groups is 1. The van der Waals surface area contributed by atoms with Gasteiger partial charge in [-0.3, -0.25) is 14.6 Å². The molecule has 2 fully saturated rings. The number of hydrogen-bond acceptors (Lipinski definition) is 4. The van der Waals surface area contributed by atoms with Crippen molar-refractivity contribution in [2.24, 2.45) is 0 Å². The summed E-state index contributed by atoms with van der Waals surface area (Å²) in [6.07, 6.45) is 2.40. The Hall–Kier alpha value is -1.04. The van der Waals surface area contributed by atoms with Gasteiger partial charge in [-0.15, -0.1) is 0 Å². The van der Waals surface area contributed by atoms with Crippen molar-refractivity contribution in [2.45, 2.75) is 18.9 Å². The van der Waals surface area contributed by atoms with Crippen LogP contribution in [0.25, 0.3) is 0 Å². The van der Waals surface area contributed by atoms with Gasteiger partial charge in [0.25, 0.3) is 0 Å². The molecule has 0 spiro atoms. The number of likely N-dealkylation sites (N-methyl/N-ethyl adjacent to an activating group) is 1. The van der Waals surface area contributed by atoms with Gasteiger partial charge in [0.2, 0.25) is 5.91 Å². The van der Waals surface area contributed by atoms with Crippen molar-refractivity contribution >= 4 is 23.4 Å². The third-order valence-corrected chi connectivity index (χ3v) is 5.94. The summed E-state index contributed by atoms with van der Waals surface area (Å²) in [6, 6.07) is 10.6. The second-order valence-corrected chi connectivity index (χ2v) is 7.67. The lowest BCUT2D eigenvalue weighted by molar-refractivity contribution is -0.119. The number of amides is 1. The van der Waals surface area contributed by atoms with Crippen molar-refractivity contribution < 1.29 is 4.79 Å². The van der Waals surface area contributed by atoms with Crippen molar-refractivity contribution in [3.05, 3.63) is 30.3 Å². The molecule has 0 saturated carbocycles. The Morgan fingerprint density at radius 1 is 1.13 bits per heavy atom. The Labute approximate surface area is 143 Å². The Morgan fingerprint density at radius 2 is 1.78 bits per heavy atom. The normalized spacial score (nSPS) is 21.3. The maximum absolute atomic E-state index is 12.5. The van der Waals surface area contributed by atoms with Crippen LogP contribution in [0.5, 0.6) is 0 Å². The fourth-order valence-electron chi connectivity index (χ4n) is 3.48. The van der Waals surface area contributed by atoms with E-state index < -0.39 is 0 Å². The SMILES string of the molecule is CN(C(=O)CN1CCC(N2CCSCC2)CC1)c1ccccc1. The number of hydrogen-bond donors (Lipinski definition) is 0. The molecule has 4 nitrogen and oxygen atoms in total. The smallest absolute Gasteiger partial charge is 0.240 e. The first-order valence-electron chi connectivity index (χ1n) is 8.60. The van der Waals surface area contributed by atoms with Gasteiger partial charge in [0.15, 0.2) is 0 Å². The van der Waals surface area contributed by atoms with Gasteiger partial charge in [-0.05, 0) is 25.0 Å². The van der Waals surface area contributed by atoms with Crippen molar-refractivity contribution in [1.29, 1.82) is 0 Å². The van der Waals surface area contributed by atoms with Gasteiger partial charge < -0.3 is 4.90 Å². The molecule has 0 atom stereocenters. The van der Waals surface area contributed by atoms with Crippen LogP contribution < -0.4 is 4.90 Å². The van der Waals surface area contributed by atoms with Gasteiger partial charge in [-0.1, -0.05) is 18.2 Å². The summed E-state index contributed by atoms with van der Waals surface area (Å²) in [5.74, 6) is 2.74. The van der Waals surface area contributed by atoms with E-state index in [0.29, 0.717) is 6.54 Å². The molecule has 2 heterocycles.